The zero-order valence-electron chi connectivity index (χ0n) is 9.92. The Morgan fingerprint density at radius 2 is 1.76 bits per heavy atom. The number of hydrogen-bond acceptors (Lipinski definition) is 3. The van der Waals surface area contributed by atoms with Crippen molar-refractivity contribution in [2.75, 3.05) is 19.0 Å². The van der Waals surface area contributed by atoms with Gasteiger partial charge in [-0.2, -0.15) is 0 Å². The molecule has 0 saturated heterocycles. The molecule has 1 aromatic carbocycles. The van der Waals surface area contributed by atoms with Crippen LogP contribution in [0.3, 0.4) is 0 Å². The average molecular weight is 226 g/mol. The topological polar surface area (TPSA) is 33.2 Å². The molecular weight excluding hydrogens is 212 g/mol. The molecule has 0 N–H and O–H groups in total. The smallest absolute Gasteiger partial charge is 0.213 e. The van der Waals surface area contributed by atoms with Gasteiger partial charge in [0.15, 0.2) is 0 Å². The van der Waals surface area contributed by atoms with Gasteiger partial charge in [-0.1, -0.05) is 18.2 Å². The van der Waals surface area contributed by atoms with Crippen LogP contribution in [0.1, 0.15) is 16.1 Å². The van der Waals surface area contributed by atoms with Gasteiger partial charge in [0, 0.05) is 31.5 Å². The number of pyridine rings is 1. The Morgan fingerprint density at radius 3 is 2.41 bits per heavy atom. The Morgan fingerprint density at radius 1 is 1.06 bits per heavy atom. The molecule has 0 atom stereocenters. The zero-order chi connectivity index (χ0) is 12.3. The van der Waals surface area contributed by atoms with Crippen LogP contribution in [-0.4, -0.2) is 24.9 Å². The van der Waals surface area contributed by atoms with Crippen LogP contribution in [0.25, 0.3) is 0 Å². The number of carbonyl (C=O) groups is 1. The zero-order valence-corrected chi connectivity index (χ0v) is 9.92. The van der Waals surface area contributed by atoms with Crippen LogP contribution in [-0.2, 0) is 0 Å². The molecule has 1 heterocycles. The first-order chi connectivity index (χ1) is 8.20. The average Bonchev–Trinajstić information content (AvgIpc) is 2.39. The van der Waals surface area contributed by atoms with Gasteiger partial charge in [0.05, 0.1) is 0 Å². The fraction of sp³-hybridized carbons (Fsp3) is 0.143. The lowest BCUT2D eigenvalue weighted by Crippen LogP contribution is -2.14. The molecular formula is C14H14N2O. The van der Waals surface area contributed by atoms with E-state index in [0.717, 1.165) is 5.69 Å². The van der Waals surface area contributed by atoms with E-state index in [-0.39, 0.29) is 5.78 Å². The molecule has 0 aliphatic carbocycles. The summed E-state index contributed by atoms with van der Waals surface area (Å²) in [4.78, 5) is 18.3. The van der Waals surface area contributed by atoms with E-state index in [1.54, 1.807) is 18.3 Å². The lowest BCUT2D eigenvalue weighted by Gasteiger charge is -2.16. The van der Waals surface area contributed by atoms with Gasteiger partial charge in [0.25, 0.3) is 0 Å². The number of ketones is 1. The standard InChI is InChI=1S/C14H14N2O/c1-16(2)13-9-4-3-7-11(13)14(17)12-8-5-6-10-15-12/h3-10H,1-2H3. The normalized spacial score (nSPS) is 10.0. The Kier molecular flexibility index (Phi) is 3.19. The van der Waals surface area contributed by atoms with E-state index in [1.165, 1.54) is 0 Å². The molecule has 0 amide bonds. The second-order valence-corrected chi connectivity index (χ2v) is 3.96. The van der Waals surface area contributed by atoms with Crippen LogP contribution in [0, 0.1) is 0 Å². The van der Waals surface area contributed by atoms with E-state index in [4.69, 9.17) is 0 Å². The molecule has 1 aromatic heterocycles. The van der Waals surface area contributed by atoms with Crippen LogP contribution in [0.4, 0.5) is 5.69 Å². The first-order valence-corrected chi connectivity index (χ1v) is 5.42. The van der Waals surface area contributed by atoms with Gasteiger partial charge in [-0.3, -0.25) is 9.78 Å². The summed E-state index contributed by atoms with van der Waals surface area (Å²) in [5.74, 6) is -0.0464. The van der Waals surface area contributed by atoms with Crippen LogP contribution in [0.2, 0.25) is 0 Å². The summed E-state index contributed by atoms with van der Waals surface area (Å²) in [5, 5.41) is 0. The highest BCUT2D eigenvalue weighted by atomic mass is 16.1. The van der Waals surface area contributed by atoms with E-state index >= 15 is 0 Å². The third kappa shape index (κ3) is 2.33. The number of anilines is 1. The van der Waals surface area contributed by atoms with Crippen LogP contribution in [0.15, 0.2) is 48.7 Å². The molecule has 0 fully saturated rings. The predicted octanol–water partition coefficient (Wildman–Crippen LogP) is 2.38. The lowest BCUT2D eigenvalue weighted by molar-refractivity contribution is 0.103. The first kappa shape index (κ1) is 11.3. The molecule has 0 bridgehead atoms. The number of para-hydroxylation sites is 1. The highest BCUT2D eigenvalue weighted by Gasteiger charge is 2.14. The monoisotopic (exact) mass is 226 g/mol. The van der Waals surface area contributed by atoms with E-state index < -0.39 is 0 Å². The fourth-order valence-corrected chi connectivity index (χ4v) is 1.69. The van der Waals surface area contributed by atoms with Gasteiger partial charge < -0.3 is 4.90 Å². The maximum atomic E-state index is 12.3. The van der Waals surface area contributed by atoms with Crippen LogP contribution >= 0.6 is 0 Å². The van der Waals surface area contributed by atoms with Crippen molar-refractivity contribution in [1.82, 2.24) is 4.98 Å². The van der Waals surface area contributed by atoms with Gasteiger partial charge in [-0.05, 0) is 24.3 Å². The van der Waals surface area contributed by atoms with Crippen molar-refractivity contribution in [1.29, 1.82) is 0 Å². The third-order valence-electron chi connectivity index (χ3n) is 2.53. The van der Waals surface area contributed by atoms with Gasteiger partial charge >= 0.3 is 0 Å². The number of aromatic nitrogens is 1. The summed E-state index contributed by atoms with van der Waals surface area (Å²) in [6.07, 6.45) is 1.63. The van der Waals surface area contributed by atoms with E-state index in [2.05, 4.69) is 4.98 Å². The fourth-order valence-electron chi connectivity index (χ4n) is 1.69. The second kappa shape index (κ2) is 4.78. The molecule has 17 heavy (non-hydrogen) atoms. The molecule has 0 aliphatic heterocycles. The minimum atomic E-state index is -0.0464. The third-order valence-corrected chi connectivity index (χ3v) is 2.53. The Balaban J connectivity index is 2.45. The van der Waals surface area contributed by atoms with Gasteiger partial charge in [-0.25, -0.2) is 0 Å². The Bertz CT molecular complexity index is 521. The first-order valence-electron chi connectivity index (χ1n) is 5.42. The number of rotatable bonds is 3. The van der Waals surface area contributed by atoms with E-state index in [1.807, 2.05) is 49.3 Å². The maximum absolute atomic E-state index is 12.3. The molecule has 0 radical (unpaired) electrons. The van der Waals surface area contributed by atoms with Gasteiger partial charge in [0.2, 0.25) is 5.78 Å². The molecule has 0 spiro atoms. The summed E-state index contributed by atoms with van der Waals surface area (Å²) < 4.78 is 0. The molecule has 0 unspecified atom stereocenters. The van der Waals surface area contributed by atoms with Gasteiger partial charge in [0.1, 0.15) is 5.69 Å². The van der Waals surface area contributed by atoms with Crippen molar-refractivity contribution in [2.24, 2.45) is 0 Å². The van der Waals surface area contributed by atoms with Crippen molar-refractivity contribution < 1.29 is 4.79 Å². The SMILES string of the molecule is CN(C)c1ccccc1C(=O)c1ccccn1. The van der Waals surface area contributed by atoms with Crippen molar-refractivity contribution >= 4 is 11.5 Å². The highest BCUT2D eigenvalue weighted by Crippen LogP contribution is 2.20. The molecule has 2 aromatic rings. The molecule has 3 nitrogen and oxygen atoms in total. The summed E-state index contributed by atoms with van der Waals surface area (Å²) in [6.45, 7) is 0. The van der Waals surface area contributed by atoms with Crippen molar-refractivity contribution in [3.8, 4) is 0 Å². The van der Waals surface area contributed by atoms with E-state index in [9.17, 15) is 4.79 Å². The second-order valence-electron chi connectivity index (χ2n) is 3.96. The predicted molar refractivity (Wildman–Crippen MR) is 68.4 cm³/mol. The molecule has 0 aliphatic rings. The maximum Gasteiger partial charge on any atom is 0.213 e. The Hall–Kier alpha value is -2.16. The van der Waals surface area contributed by atoms with Gasteiger partial charge in [-0.15, -0.1) is 0 Å². The summed E-state index contributed by atoms with van der Waals surface area (Å²) in [5.41, 5.74) is 2.06. The largest absolute Gasteiger partial charge is 0.377 e. The number of carbonyl (C=O) groups excluding carboxylic acids is 1. The Labute approximate surface area is 101 Å². The quantitative estimate of drug-likeness (QED) is 0.753. The van der Waals surface area contributed by atoms with Crippen LogP contribution < -0.4 is 4.90 Å². The molecule has 0 saturated carbocycles. The minimum absolute atomic E-state index is 0.0464. The van der Waals surface area contributed by atoms with E-state index in [0.29, 0.717) is 11.3 Å². The summed E-state index contributed by atoms with van der Waals surface area (Å²) in [7, 11) is 3.84. The molecule has 3 heteroatoms. The summed E-state index contributed by atoms with van der Waals surface area (Å²) >= 11 is 0. The van der Waals surface area contributed by atoms with Crippen LogP contribution in [0.5, 0.6) is 0 Å². The lowest BCUT2D eigenvalue weighted by atomic mass is 10.1. The minimum Gasteiger partial charge on any atom is -0.377 e. The molecule has 2 rings (SSSR count). The number of hydrogen-bond donors (Lipinski definition) is 0. The van der Waals surface area contributed by atoms with Crippen molar-refractivity contribution in [3.63, 3.8) is 0 Å². The molecule has 86 valence electrons. The highest BCUT2D eigenvalue weighted by molar-refractivity contribution is 6.11. The summed E-state index contributed by atoms with van der Waals surface area (Å²) in [6, 6.07) is 12.9. The number of nitrogens with zero attached hydrogens (tertiary/aromatic N) is 2. The number of benzene rings is 1. The van der Waals surface area contributed by atoms with Crippen molar-refractivity contribution in [3.05, 3.63) is 59.9 Å². The van der Waals surface area contributed by atoms with Crippen molar-refractivity contribution in [2.45, 2.75) is 0 Å².